The zero-order chi connectivity index (χ0) is 10.4. The van der Waals surface area contributed by atoms with Crippen LogP contribution in [0, 0.1) is 0 Å². The Morgan fingerprint density at radius 1 is 1.29 bits per heavy atom. The summed E-state index contributed by atoms with van der Waals surface area (Å²) in [5, 5.41) is 0. The molecule has 0 fully saturated rings. The number of hydrogen-bond donors (Lipinski definition) is 0. The first-order chi connectivity index (χ1) is 6.74. The van der Waals surface area contributed by atoms with E-state index in [1.807, 2.05) is 0 Å². The smallest absolute Gasteiger partial charge is 0.0887 e. The molecule has 0 spiro atoms. The maximum atomic E-state index is 2.34. The largest absolute Gasteiger partial charge is 0.139 e. The normalized spacial score (nSPS) is 12.7. The molecule has 0 aliphatic rings. The molecular weight excluding hydrogens is 167 g/mol. The predicted molar refractivity (Wildman–Crippen MR) is 67.2 cm³/mol. The first kappa shape index (κ1) is 11.4. The van der Waals surface area contributed by atoms with E-state index in [0.717, 1.165) is 5.92 Å². The van der Waals surface area contributed by atoms with E-state index in [-0.39, 0.29) is 0 Å². The molecule has 1 unspecified atom stereocenters. The van der Waals surface area contributed by atoms with E-state index in [1.54, 1.807) is 0 Å². The molecule has 0 amide bonds. The van der Waals surface area contributed by atoms with Gasteiger partial charge in [0.25, 0.3) is 0 Å². The van der Waals surface area contributed by atoms with Crippen LogP contribution in [-0.2, 0) is 0 Å². The lowest BCUT2D eigenvalue weighted by molar-refractivity contribution is 0.598. The molecule has 0 saturated carbocycles. The van der Waals surface area contributed by atoms with Crippen LogP contribution in [0.25, 0.3) is 0 Å². The Hall–Kier alpha value is -0.715. The van der Waals surface area contributed by atoms with Gasteiger partial charge in [-0.15, -0.1) is 0 Å². The Labute approximate surface area is 89.1 Å². The van der Waals surface area contributed by atoms with E-state index in [9.17, 15) is 0 Å². The van der Waals surface area contributed by atoms with Gasteiger partial charge in [-0.1, -0.05) is 62.8 Å². The Morgan fingerprint density at radius 3 is 2.71 bits per heavy atom. The van der Waals surface area contributed by atoms with Crippen molar-refractivity contribution in [3.8, 4) is 0 Å². The van der Waals surface area contributed by atoms with Crippen molar-refractivity contribution in [3.63, 3.8) is 0 Å². The Morgan fingerprint density at radius 2 is 2.07 bits per heavy atom. The molecule has 1 aromatic carbocycles. The molecule has 0 aliphatic heterocycles. The van der Waals surface area contributed by atoms with Crippen LogP contribution in [0.4, 0.5) is 0 Å². The zero-order valence-electron chi connectivity index (χ0n) is 9.72. The van der Waals surface area contributed by atoms with Gasteiger partial charge in [0.15, 0.2) is 0 Å². The number of hydrogen-bond acceptors (Lipinski definition) is 0. The minimum atomic E-state index is 0.724. The van der Waals surface area contributed by atoms with Gasteiger partial charge in [0.05, 0.1) is 0 Å². The predicted octanol–water partition coefficient (Wildman–Crippen LogP) is 2.63. The second-order valence-corrected chi connectivity index (χ2v) is 4.31. The van der Waals surface area contributed by atoms with Crippen LogP contribution in [0.2, 0.25) is 0 Å². The van der Waals surface area contributed by atoms with Crippen molar-refractivity contribution >= 4 is 13.3 Å². The van der Waals surface area contributed by atoms with E-state index in [1.165, 1.54) is 36.7 Å². The molecule has 0 heterocycles. The van der Waals surface area contributed by atoms with Crippen molar-refractivity contribution in [2.45, 2.75) is 45.4 Å². The summed E-state index contributed by atoms with van der Waals surface area (Å²) in [5.41, 5.74) is 2.88. The fraction of sp³-hybridized carbons (Fsp3) is 0.538. The summed E-state index contributed by atoms with van der Waals surface area (Å²) in [7, 11) is 2.17. The maximum Gasteiger partial charge on any atom is 0.139 e. The van der Waals surface area contributed by atoms with Crippen molar-refractivity contribution in [1.29, 1.82) is 0 Å². The van der Waals surface area contributed by atoms with E-state index >= 15 is 0 Å². The van der Waals surface area contributed by atoms with Crippen molar-refractivity contribution in [2.24, 2.45) is 0 Å². The second-order valence-electron chi connectivity index (χ2n) is 4.31. The Balaban J connectivity index is 2.47. The molecule has 0 bridgehead atoms. The van der Waals surface area contributed by atoms with Gasteiger partial charge in [-0.3, -0.25) is 0 Å². The van der Waals surface area contributed by atoms with Crippen LogP contribution in [-0.4, -0.2) is 7.85 Å². The minimum absolute atomic E-state index is 0.724. The summed E-state index contributed by atoms with van der Waals surface area (Å²) >= 11 is 0. The van der Waals surface area contributed by atoms with Crippen molar-refractivity contribution in [3.05, 3.63) is 29.8 Å². The standard InChI is InChI=1S/C13H21B/c1-3-4-5-7-11(2)12-8-6-9-13(14)10-12/h6,8-11H,3-5,7,14H2,1-2H3. The average Bonchev–Trinajstić information content (AvgIpc) is 2.18. The lowest BCUT2D eigenvalue weighted by Gasteiger charge is -2.11. The topological polar surface area (TPSA) is 0 Å². The summed E-state index contributed by atoms with van der Waals surface area (Å²) < 4.78 is 0. The van der Waals surface area contributed by atoms with Gasteiger partial charge < -0.3 is 0 Å². The minimum Gasteiger partial charge on any atom is -0.0887 e. The molecule has 0 radical (unpaired) electrons. The van der Waals surface area contributed by atoms with Crippen LogP contribution >= 0.6 is 0 Å². The molecule has 0 nitrogen and oxygen atoms in total. The molecule has 1 rings (SSSR count). The fourth-order valence-corrected chi connectivity index (χ4v) is 1.84. The van der Waals surface area contributed by atoms with Crippen molar-refractivity contribution in [2.75, 3.05) is 0 Å². The molecule has 0 saturated heterocycles. The van der Waals surface area contributed by atoms with Crippen LogP contribution < -0.4 is 5.46 Å². The molecule has 0 N–H and O–H groups in total. The van der Waals surface area contributed by atoms with Gasteiger partial charge in [0.2, 0.25) is 0 Å². The van der Waals surface area contributed by atoms with Gasteiger partial charge in [-0.2, -0.15) is 0 Å². The zero-order valence-corrected chi connectivity index (χ0v) is 9.72. The third-order valence-electron chi connectivity index (χ3n) is 2.85. The molecule has 0 aromatic heterocycles. The summed E-state index contributed by atoms with van der Waals surface area (Å²) in [6.45, 7) is 4.60. The fourth-order valence-electron chi connectivity index (χ4n) is 1.84. The van der Waals surface area contributed by atoms with Gasteiger partial charge in [-0.05, 0) is 17.9 Å². The molecule has 1 heteroatoms. The summed E-state index contributed by atoms with van der Waals surface area (Å²) in [4.78, 5) is 0. The lowest BCUT2D eigenvalue weighted by Crippen LogP contribution is -2.04. The first-order valence-electron chi connectivity index (χ1n) is 5.80. The number of unbranched alkanes of at least 4 members (excludes halogenated alkanes) is 2. The second kappa shape index (κ2) is 5.90. The third-order valence-corrected chi connectivity index (χ3v) is 2.85. The highest BCUT2D eigenvalue weighted by Gasteiger charge is 2.04. The van der Waals surface area contributed by atoms with Crippen molar-refractivity contribution in [1.82, 2.24) is 0 Å². The van der Waals surface area contributed by atoms with Crippen LogP contribution in [0.15, 0.2) is 24.3 Å². The van der Waals surface area contributed by atoms with Crippen LogP contribution in [0.1, 0.15) is 51.0 Å². The van der Waals surface area contributed by atoms with E-state index < -0.39 is 0 Å². The summed E-state index contributed by atoms with van der Waals surface area (Å²) in [6, 6.07) is 8.91. The van der Waals surface area contributed by atoms with Gasteiger partial charge in [-0.25, -0.2) is 0 Å². The van der Waals surface area contributed by atoms with Crippen molar-refractivity contribution < 1.29 is 0 Å². The molecule has 14 heavy (non-hydrogen) atoms. The van der Waals surface area contributed by atoms with E-state index in [2.05, 4.69) is 46.0 Å². The highest BCUT2D eigenvalue weighted by atomic mass is 14.1. The summed E-state index contributed by atoms with van der Waals surface area (Å²) in [5.74, 6) is 0.724. The van der Waals surface area contributed by atoms with Crippen LogP contribution in [0.3, 0.4) is 0 Å². The first-order valence-corrected chi connectivity index (χ1v) is 5.80. The van der Waals surface area contributed by atoms with Gasteiger partial charge in [0, 0.05) is 0 Å². The number of benzene rings is 1. The van der Waals surface area contributed by atoms with Gasteiger partial charge >= 0.3 is 0 Å². The highest BCUT2D eigenvalue weighted by Crippen LogP contribution is 2.20. The lowest BCUT2D eigenvalue weighted by atomic mass is 9.88. The Kier molecular flexibility index (Phi) is 4.79. The van der Waals surface area contributed by atoms with Gasteiger partial charge in [0.1, 0.15) is 7.85 Å². The number of rotatable bonds is 5. The molecule has 1 aromatic rings. The molecule has 1 atom stereocenters. The van der Waals surface area contributed by atoms with E-state index in [0.29, 0.717) is 0 Å². The molecule has 0 aliphatic carbocycles. The monoisotopic (exact) mass is 188 g/mol. The maximum absolute atomic E-state index is 2.34. The van der Waals surface area contributed by atoms with E-state index in [4.69, 9.17) is 0 Å². The summed E-state index contributed by atoms with van der Waals surface area (Å²) in [6.07, 6.45) is 5.39. The highest BCUT2D eigenvalue weighted by molar-refractivity contribution is 6.32. The third kappa shape index (κ3) is 3.57. The molecular formula is C13H21B. The molecule has 76 valence electrons. The average molecular weight is 188 g/mol. The SMILES string of the molecule is Bc1cccc(C(C)CCCCC)c1. The van der Waals surface area contributed by atoms with Crippen LogP contribution in [0.5, 0.6) is 0 Å². The quantitative estimate of drug-likeness (QED) is 0.492. The Bertz CT molecular complexity index is 268.